The van der Waals surface area contributed by atoms with Crippen LogP contribution in [0.25, 0.3) is 0 Å². The lowest BCUT2D eigenvalue weighted by Gasteiger charge is -2.32. The molecule has 19 heavy (non-hydrogen) atoms. The van der Waals surface area contributed by atoms with Crippen LogP contribution in [-0.2, 0) is 0 Å². The van der Waals surface area contributed by atoms with Crippen molar-refractivity contribution in [2.75, 3.05) is 26.7 Å². The Morgan fingerprint density at radius 1 is 0.579 bits per heavy atom. The van der Waals surface area contributed by atoms with Gasteiger partial charge in [-0.25, -0.2) is 0 Å². The SMILES string of the molecule is CCCCCCCCCCCC[N+](C)(CC)CC.[Br-]. The van der Waals surface area contributed by atoms with Crippen molar-refractivity contribution in [2.45, 2.75) is 85.0 Å². The van der Waals surface area contributed by atoms with Gasteiger partial charge in [-0.2, -0.15) is 0 Å². The average molecular weight is 336 g/mol. The number of rotatable bonds is 13. The van der Waals surface area contributed by atoms with E-state index in [9.17, 15) is 0 Å². The molecule has 0 bridgehead atoms. The molecule has 0 unspecified atom stereocenters. The molecule has 0 aromatic carbocycles. The number of hydrogen-bond donors (Lipinski definition) is 0. The molecule has 0 aromatic rings. The molecule has 0 heterocycles. The van der Waals surface area contributed by atoms with Crippen LogP contribution in [0.1, 0.15) is 85.0 Å². The maximum Gasteiger partial charge on any atom is 0.0784 e. The fraction of sp³-hybridized carbons (Fsp3) is 1.00. The minimum absolute atomic E-state index is 0. The fourth-order valence-electron chi connectivity index (χ4n) is 2.52. The van der Waals surface area contributed by atoms with Crippen LogP contribution in [0.15, 0.2) is 0 Å². The van der Waals surface area contributed by atoms with Gasteiger partial charge < -0.3 is 21.5 Å². The number of unbranched alkanes of at least 4 members (excludes halogenated alkanes) is 9. The molecule has 0 saturated heterocycles. The Balaban J connectivity index is 0. The fourth-order valence-corrected chi connectivity index (χ4v) is 2.52. The molecule has 1 nitrogen and oxygen atoms in total. The molecule has 0 spiro atoms. The Morgan fingerprint density at radius 3 is 1.32 bits per heavy atom. The van der Waals surface area contributed by atoms with Gasteiger partial charge in [0, 0.05) is 0 Å². The first kappa shape index (κ1) is 21.7. The van der Waals surface area contributed by atoms with Crippen LogP contribution in [0.5, 0.6) is 0 Å². The second-order valence-electron chi connectivity index (χ2n) is 6.16. The van der Waals surface area contributed by atoms with Crippen molar-refractivity contribution in [1.82, 2.24) is 0 Å². The van der Waals surface area contributed by atoms with Gasteiger partial charge in [-0.05, 0) is 26.7 Å². The summed E-state index contributed by atoms with van der Waals surface area (Å²) in [6, 6.07) is 0. The van der Waals surface area contributed by atoms with Crippen molar-refractivity contribution in [1.29, 1.82) is 0 Å². The minimum atomic E-state index is 0. The van der Waals surface area contributed by atoms with Crippen LogP contribution in [0, 0.1) is 0 Å². The lowest BCUT2D eigenvalue weighted by atomic mass is 10.1. The molecule has 0 aromatic heterocycles. The molecule has 0 rings (SSSR count). The quantitative estimate of drug-likeness (QED) is 0.358. The highest BCUT2D eigenvalue weighted by molar-refractivity contribution is 4.47. The predicted octanol–water partition coefficient (Wildman–Crippen LogP) is 2.40. The maximum atomic E-state index is 2.40. The number of halogens is 1. The van der Waals surface area contributed by atoms with E-state index in [1.165, 1.54) is 88.3 Å². The van der Waals surface area contributed by atoms with Gasteiger partial charge in [-0.15, -0.1) is 0 Å². The number of quaternary nitrogens is 1. The molecule has 2 heteroatoms. The van der Waals surface area contributed by atoms with Gasteiger partial charge in [0.05, 0.1) is 26.7 Å². The lowest BCUT2D eigenvalue weighted by Crippen LogP contribution is -3.00. The Labute approximate surface area is 133 Å². The monoisotopic (exact) mass is 335 g/mol. The molecule has 118 valence electrons. The van der Waals surface area contributed by atoms with Gasteiger partial charge in [0.25, 0.3) is 0 Å². The lowest BCUT2D eigenvalue weighted by molar-refractivity contribution is -0.906. The zero-order chi connectivity index (χ0) is 13.7. The third-order valence-electron chi connectivity index (χ3n) is 4.58. The van der Waals surface area contributed by atoms with Crippen molar-refractivity contribution in [3.63, 3.8) is 0 Å². The smallest absolute Gasteiger partial charge is 0.0784 e. The highest BCUT2D eigenvalue weighted by Gasteiger charge is 2.14. The third kappa shape index (κ3) is 13.2. The van der Waals surface area contributed by atoms with E-state index in [4.69, 9.17) is 0 Å². The van der Waals surface area contributed by atoms with E-state index in [0.29, 0.717) is 0 Å². The normalized spacial score (nSPS) is 11.4. The highest BCUT2D eigenvalue weighted by atomic mass is 79.9. The maximum absolute atomic E-state index is 2.40. The summed E-state index contributed by atoms with van der Waals surface area (Å²) in [6.45, 7) is 10.9. The van der Waals surface area contributed by atoms with E-state index in [1.807, 2.05) is 0 Å². The first-order chi connectivity index (χ1) is 8.68. The van der Waals surface area contributed by atoms with E-state index in [2.05, 4.69) is 27.8 Å². The van der Waals surface area contributed by atoms with Gasteiger partial charge in [0.2, 0.25) is 0 Å². The summed E-state index contributed by atoms with van der Waals surface area (Å²) in [4.78, 5) is 0. The van der Waals surface area contributed by atoms with E-state index >= 15 is 0 Å². The molecular weight excluding hydrogens is 298 g/mol. The van der Waals surface area contributed by atoms with E-state index < -0.39 is 0 Å². The zero-order valence-electron chi connectivity index (χ0n) is 14.0. The summed E-state index contributed by atoms with van der Waals surface area (Å²) in [5, 5.41) is 0. The molecule has 0 aliphatic heterocycles. The standard InChI is InChI=1S/C17H38N.BrH/c1-5-8-9-10-11-12-13-14-15-16-17-18(4,6-2)7-3;/h5-17H2,1-4H3;1H/q+1;/p-1. The van der Waals surface area contributed by atoms with Crippen molar-refractivity contribution in [3.05, 3.63) is 0 Å². The van der Waals surface area contributed by atoms with Gasteiger partial charge in [-0.3, -0.25) is 0 Å². The second-order valence-corrected chi connectivity index (χ2v) is 6.16. The van der Waals surface area contributed by atoms with Gasteiger partial charge in [0.15, 0.2) is 0 Å². The van der Waals surface area contributed by atoms with Crippen LogP contribution >= 0.6 is 0 Å². The van der Waals surface area contributed by atoms with E-state index in [1.54, 1.807) is 0 Å². The first-order valence-corrected chi connectivity index (χ1v) is 8.52. The number of hydrogen-bond acceptors (Lipinski definition) is 0. The topological polar surface area (TPSA) is 0 Å². The molecule has 0 fully saturated rings. The first-order valence-electron chi connectivity index (χ1n) is 8.52. The van der Waals surface area contributed by atoms with Crippen LogP contribution in [-0.4, -0.2) is 31.2 Å². The second kappa shape index (κ2) is 14.8. The summed E-state index contributed by atoms with van der Waals surface area (Å²) in [5.41, 5.74) is 0. The van der Waals surface area contributed by atoms with Crippen LogP contribution < -0.4 is 17.0 Å². The van der Waals surface area contributed by atoms with Gasteiger partial charge in [0.1, 0.15) is 0 Å². The molecule has 0 atom stereocenters. The average Bonchev–Trinajstić information content (AvgIpc) is 2.40. The van der Waals surface area contributed by atoms with Crippen LogP contribution in [0.2, 0.25) is 0 Å². The third-order valence-corrected chi connectivity index (χ3v) is 4.58. The summed E-state index contributed by atoms with van der Waals surface area (Å²) < 4.78 is 1.26. The van der Waals surface area contributed by atoms with Gasteiger partial charge >= 0.3 is 0 Å². The minimum Gasteiger partial charge on any atom is -1.00 e. The summed E-state index contributed by atoms with van der Waals surface area (Å²) in [5.74, 6) is 0. The molecular formula is C17H38BrN. The van der Waals surface area contributed by atoms with Crippen molar-refractivity contribution >= 4 is 0 Å². The zero-order valence-corrected chi connectivity index (χ0v) is 15.6. The summed E-state index contributed by atoms with van der Waals surface area (Å²) >= 11 is 0. The van der Waals surface area contributed by atoms with E-state index in [-0.39, 0.29) is 17.0 Å². The molecule has 0 aliphatic rings. The predicted molar refractivity (Wildman–Crippen MR) is 84.0 cm³/mol. The van der Waals surface area contributed by atoms with Crippen molar-refractivity contribution in [2.24, 2.45) is 0 Å². The Bertz CT molecular complexity index is 167. The molecule has 0 aliphatic carbocycles. The summed E-state index contributed by atoms with van der Waals surface area (Å²) in [6.07, 6.45) is 14.5. The largest absolute Gasteiger partial charge is 1.00 e. The Hall–Kier alpha value is 0.440. The highest BCUT2D eigenvalue weighted by Crippen LogP contribution is 2.12. The van der Waals surface area contributed by atoms with Crippen molar-refractivity contribution in [3.8, 4) is 0 Å². The Morgan fingerprint density at radius 2 is 0.947 bits per heavy atom. The number of nitrogens with zero attached hydrogens (tertiary/aromatic N) is 1. The van der Waals surface area contributed by atoms with Crippen LogP contribution in [0.3, 0.4) is 0 Å². The van der Waals surface area contributed by atoms with Gasteiger partial charge in [-0.1, -0.05) is 58.3 Å². The Kier molecular flexibility index (Phi) is 17.0. The molecule has 0 radical (unpaired) electrons. The van der Waals surface area contributed by atoms with Crippen molar-refractivity contribution < 1.29 is 21.5 Å². The van der Waals surface area contributed by atoms with Crippen LogP contribution in [0.4, 0.5) is 0 Å². The summed E-state index contributed by atoms with van der Waals surface area (Å²) in [7, 11) is 2.40. The molecule has 0 N–H and O–H groups in total. The molecule has 0 amide bonds. The molecule has 0 saturated carbocycles. The van der Waals surface area contributed by atoms with E-state index in [0.717, 1.165) is 0 Å².